The Labute approximate surface area is 132 Å². The van der Waals surface area contributed by atoms with Gasteiger partial charge in [-0.3, -0.25) is 4.90 Å². The molecule has 114 valence electrons. The van der Waals surface area contributed by atoms with E-state index in [9.17, 15) is 5.11 Å². The fourth-order valence-electron chi connectivity index (χ4n) is 3.98. The van der Waals surface area contributed by atoms with Gasteiger partial charge in [-0.15, -0.1) is 0 Å². The number of hydrogen-bond acceptors (Lipinski definition) is 2. The Kier molecular flexibility index (Phi) is 3.51. The molecule has 1 saturated heterocycles. The maximum Gasteiger partial charge on any atom is 0.0804 e. The molecule has 0 spiro atoms. The van der Waals surface area contributed by atoms with Crippen molar-refractivity contribution in [2.45, 2.75) is 43.4 Å². The van der Waals surface area contributed by atoms with Crippen LogP contribution in [0.2, 0.25) is 0 Å². The van der Waals surface area contributed by atoms with Gasteiger partial charge in [-0.25, -0.2) is 0 Å². The van der Waals surface area contributed by atoms with Crippen LogP contribution in [0.15, 0.2) is 60.7 Å². The normalized spacial score (nSPS) is 23.8. The van der Waals surface area contributed by atoms with Gasteiger partial charge in [0.15, 0.2) is 0 Å². The van der Waals surface area contributed by atoms with Gasteiger partial charge in [0, 0.05) is 6.04 Å². The zero-order valence-corrected chi connectivity index (χ0v) is 12.9. The van der Waals surface area contributed by atoms with E-state index in [1.807, 2.05) is 0 Å². The summed E-state index contributed by atoms with van der Waals surface area (Å²) in [5.41, 5.74) is 2.22. The van der Waals surface area contributed by atoms with E-state index in [1.165, 1.54) is 17.5 Å². The van der Waals surface area contributed by atoms with Crippen molar-refractivity contribution in [3.05, 3.63) is 71.8 Å². The first-order valence-electron chi connectivity index (χ1n) is 8.36. The Bertz CT molecular complexity index is 581. The standard InChI is InChI=1S/C20H23NO/c22-20(13-14-20)18-12-7-15-21(18)19(16-8-3-1-4-9-16)17-10-5-2-6-11-17/h1-6,8-11,18-19,22H,7,12-15H2/t18-/m0/s1. The summed E-state index contributed by atoms with van der Waals surface area (Å²) in [6.07, 6.45) is 4.23. The van der Waals surface area contributed by atoms with Crippen molar-refractivity contribution in [1.82, 2.24) is 4.90 Å². The quantitative estimate of drug-likeness (QED) is 0.927. The molecular formula is C20H23NO. The molecule has 0 amide bonds. The lowest BCUT2D eigenvalue weighted by Gasteiger charge is -2.36. The second-order valence-corrected chi connectivity index (χ2v) is 6.72. The van der Waals surface area contributed by atoms with E-state index in [0.29, 0.717) is 6.04 Å². The largest absolute Gasteiger partial charge is 0.388 e. The molecule has 22 heavy (non-hydrogen) atoms. The Morgan fingerprint density at radius 1 is 0.909 bits per heavy atom. The van der Waals surface area contributed by atoms with Crippen LogP contribution in [-0.4, -0.2) is 28.2 Å². The Hall–Kier alpha value is -1.64. The SMILES string of the molecule is OC1([C@@H]2CCCN2C(c2ccccc2)c2ccccc2)CC1. The minimum Gasteiger partial charge on any atom is -0.388 e. The average molecular weight is 293 g/mol. The second kappa shape index (κ2) is 5.53. The van der Waals surface area contributed by atoms with Crippen LogP contribution in [0.25, 0.3) is 0 Å². The molecule has 0 radical (unpaired) electrons. The molecule has 2 fully saturated rings. The Morgan fingerprint density at radius 3 is 1.95 bits per heavy atom. The van der Waals surface area contributed by atoms with Gasteiger partial charge in [-0.1, -0.05) is 60.7 Å². The molecule has 1 saturated carbocycles. The van der Waals surface area contributed by atoms with Gasteiger partial charge >= 0.3 is 0 Å². The molecule has 1 aliphatic heterocycles. The van der Waals surface area contributed by atoms with Gasteiger partial charge in [0.25, 0.3) is 0 Å². The molecule has 0 bridgehead atoms. The summed E-state index contributed by atoms with van der Waals surface area (Å²) in [7, 11) is 0. The number of nitrogens with zero attached hydrogens (tertiary/aromatic N) is 1. The number of hydrogen-bond donors (Lipinski definition) is 1. The highest BCUT2D eigenvalue weighted by atomic mass is 16.3. The molecule has 1 atom stereocenters. The molecule has 2 nitrogen and oxygen atoms in total. The van der Waals surface area contributed by atoms with Crippen LogP contribution in [0.1, 0.15) is 42.9 Å². The first kappa shape index (κ1) is 14.0. The van der Waals surface area contributed by atoms with Crippen molar-refractivity contribution in [3.63, 3.8) is 0 Å². The molecule has 0 aromatic heterocycles. The smallest absolute Gasteiger partial charge is 0.0804 e. The van der Waals surface area contributed by atoms with Crippen LogP contribution in [0.4, 0.5) is 0 Å². The van der Waals surface area contributed by atoms with E-state index in [2.05, 4.69) is 65.6 Å². The maximum atomic E-state index is 10.7. The van der Waals surface area contributed by atoms with Crippen molar-refractivity contribution in [2.75, 3.05) is 6.54 Å². The summed E-state index contributed by atoms with van der Waals surface area (Å²) >= 11 is 0. The van der Waals surface area contributed by atoms with E-state index < -0.39 is 5.60 Å². The van der Waals surface area contributed by atoms with Crippen LogP contribution in [-0.2, 0) is 0 Å². The average Bonchev–Trinajstić information content (AvgIpc) is 3.12. The first-order chi connectivity index (χ1) is 10.8. The van der Waals surface area contributed by atoms with Gasteiger partial charge in [-0.05, 0) is 43.4 Å². The number of rotatable bonds is 4. The first-order valence-corrected chi connectivity index (χ1v) is 8.36. The van der Waals surface area contributed by atoms with Gasteiger partial charge in [-0.2, -0.15) is 0 Å². The molecule has 2 aromatic carbocycles. The van der Waals surface area contributed by atoms with Gasteiger partial charge in [0.1, 0.15) is 0 Å². The van der Waals surface area contributed by atoms with E-state index in [-0.39, 0.29) is 6.04 Å². The lowest BCUT2D eigenvalue weighted by Crippen LogP contribution is -2.43. The molecule has 2 heteroatoms. The number of aliphatic hydroxyl groups is 1. The van der Waals surface area contributed by atoms with E-state index in [0.717, 1.165) is 25.8 Å². The minimum atomic E-state index is -0.432. The highest BCUT2D eigenvalue weighted by Gasteiger charge is 2.52. The molecule has 1 heterocycles. The third-order valence-electron chi connectivity index (χ3n) is 5.24. The Morgan fingerprint density at radius 2 is 1.45 bits per heavy atom. The third kappa shape index (κ3) is 2.47. The summed E-state index contributed by atoms with van der Waals surface area (Å²) in [5.74, 6) is 0. The predicted molar refractivity (Wildman–Crippen MR) is 88.6 cm³/mol. The van der Waals surface area contributed by atoms with Crippen LogP contribution >= 0.6 is 0 Å². The van der Waals surface area contributed by atoms with Crippen LogP contribution < -0.4 is 0 Å². The van der Waals surface area contributed by atoms with Gasteiger partial charge < -0.3 is 5.11 Å². The summed E-state index contributed by atoms with van der Waals surface area (Å²) in [5, 5.41) is 10.7. The third-order valence-corrected chi connectivity index (χ3v) is 5.24. The highest BCUT2D eigenvalue weighted by molar-refractivity contribution is 5.33. The molecule has 4 rings (SSSR count). The summed E-state index contributed by atoms with van der Waals surface area (Å²) < 4.78 is 0. The second-order valence-electron chi connectivity index (χ2n) is 6.72. The zero-order chi connectivity index (χ0) is 15.0. The minimum absolute atomic E-state index is 0.250. The van der Waals surface area contributed by atoms with E-state index in [1.54, 1.807) is 0 Å². The van der Waals surface area contributed by atoms with Gasteiger partial charge in [0.05, 0.1) is 11.6 Å². The number of benzene rings is 2. The monoisotopic (exact) mass is 293 g/mol. The van der Waals surface area contributed by atoms with Crippen LogP contribution in [0, 0.1) is 0 Å². The molecule has 1 aliphatic carbocycles. The van der Waals surface area contributed by atoms with Crippen molar-refractivity contribution < 1.29 is 5.11 Å². The lowest BCUT2D eigenvalue weighted by atomic mass is 9.95. The number of likely N-dealkylation sites (tertiary alicyclic amines) is 1. The van der Waals surface area contributed by atoms with Gasteiger partial charge in [0.2, 0.25) is 0 Å². The summed E-state index contributed by atoms with van der Waals surface area (Å²) in [6, 6.07) is 22.0. The molecular weight excluding hydrogens is 270 g/mol. The molecule has 2 aliphatic rings. The fourth-order valence-corrected chi connectivity index (χ4v) is 3.98. The van der Waals surface area contributed by atoms with Crippen molar-refractivity contribution in [1.29, 1.82) is 0 Å². The van der Waals surface area contributed by atoms with Crippen molar-refractivity contribution in [3.8, 4) is 0 Å². The van der Waals surface area contributed by atoms with Crippen molar-refractivity contribution in [2.24, 2.45) is 0 Å². The molecule has 2 aromatic rings. The maximum absolute atomic E-state index is 10.7. The summed E-state index contributed by atoms with van der Waals surface area (Å²) in [6.45, 7) is 1.07. The van der Waals surface area contributed by atoms with E-state index in [4.69, 9.17) is 0 Å². The van der Waals surface area contributed by atoms with E-state index >= 15 is 0 Å². The molecule has 0 unspecified atom stereocenters. The van der Waals surface area contributed by atoms with Crippen molar-refractivity contribution >= 4 is 0 Å². The zero-order valence-electron chi connectivity index (χ0n) is 12.9. The van der Waals surface area contributed by atoms with Crippen LogP contribution in [0.5, 0.6) is 0 Å². The topological polar surface area (TPSA) is 23.5 Å². The van der Waals surface area contributed by atoms with Crippen LogP contribution in [0.3, 0.4) is 0 Å². The Balaban J connectivity index is 1.74. The highest BCUT2D eigenvalue weighted by Crippen LogP contribution is 2.48. The predicted octanol–water partition coefficient (Wildman–Crippen LogP) is 3.77. The summed E-state index contributed by atoms with van der Waals surface area (Å²) in [4.78, 5) is 2.54. The fraction of sp³-hybridized carbons (Fsp3) is 0.400. The lowest BCUT2D eigenvalue weighted by molar-refractivity contribution is 0.0381. The molecule has 1 N–H and O–H groups in total.